The van der Waals surface area contributed by atoms with Gasteiger partial charge >= 0.3 is 12.1 Å². The molecule has 0 saturated heterocycles. The van der Waals surface area contributed by atoms with Crippen molar-refractivity contribution in [3.05, 3.63) is 23.3 Å². The molecule has 0 aromatic heterocycles. The van der Waals surface area contributed by atoms with E-state index >= 15 is 0 Å². The van der Waals surface area contributed by atoms with E-state index in [2.05, 4.69) is 5.32 Å². The lowest BCUT2D eigenvalue weighted by Gasteiger charge is -2.16. The van der Waals surface area contributed by atoms with E-state index in [0.717, 1.165) is 6.92 Å². The second kappa shape index (κ2) is 10.0. The van der Waals surface area contributed by atoms with Gasteiger partial charge in [0.25, 0.3) is 0 Å². The highest BCUT2D eigenvalue weighted by atomic mass is 16.5. The van der Waals surface area contributed by atoms with Gasteiger partial charge in [0.05, 0.1) is 33.1 Å². The number of aliphatic hydroxyl groups is 1. The van der Waals surface area contributed by atoms with Crippen LogP contribution in [0.5, 0.6) is 11.5 Å². The highest BCUT2D eigenvalue weighted by Gasteiger charge is 2.26. The zero-order valence-corrected chi connectivity index (χ0v) is 15.9. The SMILES string of the molecule is CCOC(=O)Nc1cc(OC)c(OC)cc1/C(O)=C(/C(C)=O)C(=O)OCC. The number of hydrogen-bond donors (Lipinski definition) is 2. The molecule has 0 unspecified atom stereocenters. The summed E-state index contributed by atoms with van der Waals surface area (Å²) >= 11 is 0. The number of anilines is 1. The number of ether oxygens (including phenoxy) is 4. The summed E-state index contributed by atoms with van der Waals surface area (Å²) in [5.41, 5.74) is -0.554. The van der Waals surface area contributed by atoms with Crippen LogP contribution in [-0.4, -0.2) is 50.4 Å². The Morgan fingerprint density at radius 1 is 1.00 bits per heavy atom. The Labute approximate surface area is 156 Å². The van der Waals surface area contributed by atoms with Crippen molar-refractivity contribution in [2.24, 2.45) is 0 Å². The van der Waals surface area contributed by atoms with E-state index in [0.29, 0.717) is 0 Å². The molecule has 148 valence electrons. The van der Waals surface area contributed by atoms with Crippen LogP contribution in [0, 0.1) is 0 Å². The minimum Gasteiger partial charge on any atom is -0.506 e. The Morgan fingerprint density at radius 2 is 1.56 bits per heavy atom. The number of Topliss-reactive ketones (excluding diaryl/α,β-unsaturated/α-hetero) is 1. The maximum Gasteiger partial charge on any atom is 0.411 e. The molecule has 0 spiro atoms. The molecule has 1 aromatic carbocycles. The van der Waals surface area contributed by atoms with Crippen molar-refractivity contribution in [1.82, 2.24) is 0 Å². The van der Waals surface area contributed by atoms with E-state index in [-0.39, 0.29) is 36.0 Å². The Morgan fingerprint density at radius 3 is 2.04 bits per heavy atom. The number of nitrogens with one attached hydrogen (secondary N) is 1. The van der Waals surface area contributed by atoms with E-state index in [4.69, 9.17) is 18.9 Å². The van der Waals surface area contributed by atoms with Crippen molar-refractivity contribution in [2.75, 3.05) is 32.8 Å². The summed E-state index contributed by atoms with van der Waals surface area (Å²) in [7, 11) is 2.76. The summed E-state index contributed by atoms with van der Waals surface area (Å²) in [6.07, 6.45) is -0.792. The number of carbonyl (C=O) groups is 3. The lowest BCUT2D eigenvalue weighted by molar-refractivity contribution is -0.139. The molecule has 27 heavy (non-hydrogen) atoms. The Bertz CT molecular complexity index is 754. The second-order valence-electron chi connectivity index (χ2n) is 5.10. The molecule has 0 bridgehead atoms. The molecule has 0 aliphatic rings. The van der Waals surface area contributed by atoms with E-state index in [1.54, 1.807) is 13.8 Å². The molecular weight excluding hydrogens is 358 g/mol. The van der Waals surface area contributed by atoms with Crippen LogP contribution in [0.1, 0.15) is 26.3 Å². The molecule has 1 aromatic rings. The summed E-state index contributed by atoms with van der Waals surface area (Å²) < 4.78 is 20.0. The molecule has 9 heteroatoms. The van der Waals surface area contributed by atoms with Gasteiger partial charge in [-0.2, -0.15) is 0 Å². The van der Waals surface area contributed by atoms with Crippen molar-refractivity contribution in [3.8, 4) is 11.5 Å². The summed E-state index contributed by atoms with van der Waals surface area (Å²) in [4.78, 5) is 35.8. The lowest BCUT2D eigenvalue weighted by atomic mass is 10.0. The van der Waals surface area contributed by atoms with Crippen LogP contribution in [0.25, 0.3) is 5.76 Å². The number of ketones is 1. The number of amides is 1. The number of rotatable bonds is 8. The van der Waals surface area contributed by atoms with Gasteiger partial charge in [-0.05, 0) is 26.8 Å². The fraction of sp³-hybridized carbons (Fsp3) is 0.389. The zero-order valence-electron chi connectivity index (χ0n) is 15.9. The maximum absolute atomic E-state index is 12.1. The first-order valence-corrected chi connectivity index (χ1v) is 8.12. The highest BCUT2D eigenvalue weighted by Crippen LogP contribution is 2.37. The van der Waals surface area contributed by atoms with E-state index < -0.39 is 29.2 Å². The van der Waals surface area contributed by atoms with Crippen LogP contribution in [0.4, 0.5) is 10.5 Å². The third-order valence-corrected chi connectivity index (χ3v) is 3.36. The topological polar surface area (TPSA) is 120 Å². The van der Waals surface area contributed by atoms with Crippen molar-refractivity contribution >= 4 is 29.3 Å². The number of aliphatic hydroxyl groups excluding tert-OH is 1. The second-order valence-corrected chi connectivity index (χ2v) is 5.10. The van der Waals surface area contributed by atoms with E-state index in [9.17, 15) is 19.5 Å². The summed E-state index contributed by atoms with van der Waals surface area (Å²) in [6, 6.07) is 2.68. The first-order valence-electron chi connectivity index (χ1n) is 8.12. The first kappa shape index (κ1) is 21.8. The zero-order chi connectivity index (χ0) is 20.6. The number of esters is 1. The van der Waals surface area contributed by atoms with Crippen LogP contribution >= 0.6 is 0 Å². The summed E-state index contributed by atoms with van der Waals surface area (Å²) in [5, 5.41) is 13.1. The van der Waals surface area contributed by atoms with Gasteiger partial charge in [-0.25, -0.2) is 9.59 Å². The number of carbonyl (C=O) groups excluding carboxylic acids is 3. The molecule has 1 rings (SSSR count). The summed E-state index contributed by atoms with van der Waals surface area (Å²) in [6.45, 7) is 4.44. The van der Waals surface area contributed by atoms with Crippen LogP contribution in [0.3, 0.4) is 0 Å². The Kier molecular flexibility index (Phi) is 8.12. The smallest absolute Gasteiger partial charge is 0.411 e. The number of methoxy groups -OCH3 is 2. The average molecular weight is 381 g/mol. The molecule has 0 aliphatic heterocycles. The van der Waals surface area contributed by atoms with E-state index in [1.807, 2.05) is 0 Å². The fourth-order valence-electron chi connectivity index (χ4n) is 2.20. The van der Waals surface area contributed by atoms with E-state index in [1.165, 1.54) is 26.4 Å². The highest BCUT2D eigenvalue weighted by molar-refractivity contribution is 6.21. The molecule has 1 amide bonds. The fourth-order valence-corrected chi connectivity index (χ4v) is 2.20. The molecule has 0 saturated carbocycles. The van der Waals surface area contributed by atoms with Crippen molar-refractivity contribution < 1.29 is 38.4 Å². The maximum atomic E-state index is 12.1. The molecule has 0 radical (unpaired) electrons. The number of hydrogen-bond acceptors (Lipinski definition) is 8. The molecule has 0 aliphatic carbocycles. The van der Waals surface area contributed by atoms with Gasteiger partial charge in [0.1, 0.15) is 11.3 Å². The van der Waals surface area contributed by atoms with Crippen molar-refractivity contribution in [1.29, 1.82) is 0 Å². The van der Waals surface area contributed by atoms with Crippen LogP contribution < -0.4 is 14.8 Å². The van der Waals surface area contributed by atoms with Crippen LogP contribution in [0.15, 0.2) is 17.7 Å². The van der Waals surface area contributed by atoms with Gasteiger partial charge in [-0.3, -0.25) is 10.1 Å². The Balaban J connectivity index is 3.65. The van der Waals surface area contributed by atoms with Gasteiger partial charge < -0.3 is 24.1 Å². The molecule has 0 fully saturated rings. The van der Waals surface area contributed by atoms with Crippen LogP contribution in [0.2, 0.25) is 0 Å². The van der Waals surface area contributed by atoms with Gasteiger partial charge in [-0.1, -0.05) is 0 Å². The standard InChI is InChI=1S/C18H23NO8/c1-6-26-17(22)15(10(3)20)16(21)11-8-13(24-4)14(25-5)9-12(11)19-18(23)27-7-2/h8-9,21H,6-7H2,1-5H3,(H,19,23)/b16-15+. The van der Waals surface area contributed by atoms with Crippen molar-refractivity contribution in [2.45, 2.75) is 20.8 Å². The van der Waals surface area contributed by atoms with Gasteiger partial charge in [0, 0.05) is 11.6 Å². The predicted octanol–water partition coefficient (Wildman–Crippen LogP) is 2.69. The molecular formula is C18H23NO8. The number of benzene rings is 1. The van der Waals surface area contributed by atoms with Gasteiger partial charge in [0.15, 0.2) is 17.3 Å². The van der Waals surface area contributed by atoms with Gasteiger partial charge in [0.2, 0.25) is 0 Å². The monoisotopic (exact) mass is 381 g/mol. The minimum atomic E-state index is -0.987. The first-order chi connectivity index (χ1) is 12.8. The normalized spacial score (nSPS) is 11.1. The summed E-state index contributed by atoms with van der Waals surface area (Å²) in [5.74, 6) is -1.91. The minimum absolute atomic E-state index is 0.0166. The average Bonchev–Trinajstić information content (AvgIpc) is 2.61. The third kappa shape index (κ3) is 5.37. The van der Waals surface area contributed by atoms with Crippen LogP contribution in [-0.2, 0) is 19.1 Å². The quantitative estimate of drug-likeness (QED) is 0.232. The third-order valence-electron chi connectivity index (χ3n) is 3.36. The molecule has 9 nitrogen and oxygen atoms in total. The Hall–Kier alpha value is -3.23. The predicted molar refractivity (Wildman–Crippen MR) is 97.1 cm³/mol. The lowest BCUT2D eigenvalue weighted by Crippen LogP contribution is -2.18. The molecule has 0 atom stereocenters. The van der Waals surface area contributed by atoms with Gasteiger partial charge in [-0.15, -0.1) is 0 Å². The molecule has 0 heterocycles. The van der Waals surface area contributed by atoms with Crippen molar-refractivity contribution in [3.63, 3.8) is 0 Å². The largest absolute Gasteiger partial charge is 0.506 e. The molecule has 2 N–H and O–H groups in total.